The van der Waals surface area contributed by atoms with Gasteiger partial charge in [0.1, 0.15) is 17.3 Å². The predicted octanol–water partition coefficient (Wildman–Crippen LogP) is 5.08. The molecule has 33 heavy (non-hydrogen) atoms. The summed E-state index contributed by atoms with van der Waals surface area (Å²) in [6.07, 6.45) is 0.953. The minimum absolute atomic E-state index is 0.0492. The van der Waals surface area contributed by atoms with Crippen LogP contribution in [0.15, 0.2) is 72.8 Å². The number of carbonyl (C=O) groups is 1. The van der Waals surface area contributed by atoms with E-state index in [9.17, 15) is 19.4 Å². The van der Waals surface area contributed by atoms with Gasteiger partial charge in [-0.3, -0.25) is 4.90 Å². The zero-order chi connectivity index (χ0) is 23.4. The number of aliphatic hydroxyl groups excluding tert-OH is 1. The van der Waals surface area contributed by atoms with Crippen molar-refractivity contribution in [3.05, 3.63) is 89.7 Å². The van der Waals surface area contributed by atoms with Gasteiger partial charge in [-0.05, 0) is 61.2 Å². The van der Waals surface area contributed by atoms with E-state index in [0.717, 1.165) is 5.69 Å². The smallest absolute Gasteiger partial charge is 0.322 e. The molecule has 3 atom stereocenters. The van der Waals surface area contributed by atoms with Gasteiger partial charge in [-0.1, -0.05) is 30.3 Å². The molecule has 6 nitrogen and oxygen atoms in total. The molecular formula is C26H27FN2O4. The maximum absolute atomic E-state index is 13.1. The fourth-order valence-electron chi connectivity index (χ4n) is 4.35. The SMILES string of the molecule is COc1ccc(C2C(CCCC(O)c3ccc(F)cc3)NC(=O)N2c2ccccc2)c(O)c1. The number of nitrogens with zero attached hydrogens (tertiary/aromatic N) is 1. The Morgan fingerprint density at radius 2 is 1.82 bits per heavy atom. The molecule has 1 aliphatic heterocycles. The van der Waals surface area contributed by atoms with Crippen LogP contribution in [-0.2, 0) is 0 Å². The van der Waals surface area contributed by atoms with E-state index < -0.39 is 12.1 Å². The van der Waals surface area contributed by atoms with Crippen molar-refractivity contribution in [1.29, 1.82) is 0 Å². The van der Waals surface area contributed by atoms with Crippen molar-refractivity contribution in [2.75, 3.05) is 12.0 Å². The fourth-order valence-corrected chi connectivity index (χ4v) is 4.35. The molecule has 172 valence electrons. The molecule has 0 bridgehead atoms. The highest BCUT2D eigenvalue weighted by Gasteiger charge is 2.42. The van der Waals surface area contributed by atoms with Crippen molar-refractivity contribution in [2.24, 2.45) is 0 Å². The monoisotopic (exact) mass is 450 g/mol. The lowest BCUT2D eigenvalue weighted by molar-refractivity contribution is 0.162. The molecule has 0 spiro atoms. The second kappa shape index (κ2) is 9.92. The number of anilines is 1. The number of aromatic hydroxyl groups is 1. The topological polar surface area (TPSA) is 82.0 Å². The number of ether oxygens (including phenoxy) is 1. The Morgan fingerprint density at radius 3 is 2.48 bits per heavy atom. The Hall–Kier alpha value is -3.58. The minimum atomic E-state index is -0.722. The average Bonchev–Trinajstić information content (AvgIpc) is 3.15. The second-order valence-electron chi connectivity index (χ2n) is 8.13. The van der Waals surface area contributed by atoms with E-state index in [0.29, 0.717) is 36.1 Å². The second-order valence-corrected chi connectivity index (χ2v) is 8.13. The largest absolute Gasteiger partial charge is 0.507 e. The summed E-state index contributed by atoms with van der Waals surface area (Å²) >= 11 is 0. The summed E-state index contributed by atoms with van der Waals surface area (Å²) in [4.78, 5) is 14.6. The van der Waals surface area contributed by atoms with E-state index in [2.05, 4.69) is 5.32 Å². The third-order valence-electron chi connectivity index (χ3n) is 6.03. The lowest BCUT2D eigenvalue weighted by Gasteiger charge is -2.28. The number of benzene rings is 3. The normalized spacial score (nSPS) is 18.8. The first-order chi connectivity index (χ1) is 16.0. The van der Waals surface area contributed by atoms with Crippen LogP contribution in [0.1, 0.15) is 42.5 Å². The highest BCUT2D eigenvalue weighted by atomic mass is 19.1. The van der Waals surface area contributed by atoms with Gasteiger partial charge >= 0.3 is 6.03 Å². The summed E-state index contributed by atoms with van der Waals surface area (Å²) in [5.41, 5.74) is 1.99. The van der Waals surface area contributed by atoms with Crippen LogP contribution in [-0.4, -0.2) is 29.4 Å². The molecule has 3 unspecified atom stereocenters. The molecule has 3 aromatic carbocycles. The van der Waals surface area contributed by atoms with Crippen molar-refractivity contribution < 1.29 is 24.1 Å². The molecule has 1 heterocycles. The standard InChI is InChI=1S/C26H27FN2O4/c1-33-20-14-15-21(24(31)16-20)25-22(28-26(32)29(25)19-6-3-2-4-7-19)8-5-9-23(30)17-10-12-18(27)13-11-17/h2-4,6-7,10-16,22-23,25,30-31H,5,8-9H2,1H3,(H,28,32). The first-order valence-electron chi connectivity index (χ1n) is 10.9. The molecule has 1 fully saturated rings. The number of hydrogen-bond donors (Lipinski definition) is 3. The molecule has 7 heteroatoms. The number of phenolic OH excluding ortho intramolecular Hbond substituents is 1. The number of amides is 2. The number of carbonyl (C=O) groups excluding carboxylic acids is 1. The molecule has 3 aromatic rings. The number of hydrogen-bond acceptors (Lipinski definition) is 4. The molecule has 0 aromatic heterocycles. The van der Waals surface area contributed by atoms with Gasteiger partial charge in [0.2, 0.25) is 0 Å². The Balaban J connectivity index is 1.55. The molecule has 0 radical (unpaired) electrons. The third kappa shape index (κ3) is 4.93. The van der Waals surface area contributed by atoms with Crippen molar-refractivity contribution in [3.63, 3.8) is 0 Å². The van der Waals surface area contributed by atoms with Crippen LogP contribution in [0.2, 0.25) is 0 Å². The first-order valence-corrected chi connectivity index (χ1v) is 10.9. The number of phenols is 1. The van der Waals surface area contributed by atoms with E-state index in [-0.39, 0.29) is 23.6 Å². The number of para-hydroxylation sites is 1. The molecular weight excluding hydrogens is 423 g/mol. The summed E-state index contributed by atoms with van der Waals surface area (Å²) in [7, 11) is 1.53. The van der Waals surface area contributed by atoms with Crippen molar-refractivity contribution >= 4 is 11.7 Å². The Kier molecular flexibility index (Phi) is 6.79. The number of nitrogens with one attached hydrogen (secondary N) is 1. The van der Waals surface area contributed by atoms with E-state index in [1.807, 2.05) is 30.3 Å². The van der Waals surface area contributed by atoms with E-state index in [1.54, 1.807) is 29.2 Å². The summed E-state index contributed by atoms with van der Waals surface area (Å²) in [6, 6.07) is 19.2. The van der Waals surface area contributed by atoms with Gasteiger partial charge in [0.15, 0.2) is 0 Å². The number of halogens is 1. The fraction of sp³-hybridized carbons (Fsp3) is 0.269. The van der Waals surface area contributed by atoms with E-state index in [4.69, 9.17) is 4.74 Å². The van der Waals surface area contributed by atoms with Crippen molar-refractivity contribution in [3.8, 4) is 11.5 Å². The summed E-state index contributed by atoms with van der Waals surface area (Å²) < 4.78 is 18.4. The van der Waals surface area contributed by atoms with Crippen LogP contribution in [0, 0.1) is 5.82 Å². The van der Waals surface area contributed by atoms with Gasteiger partial charge in [0.25, 0.3) is 0 Å². The number of aliphatic hydroxyl groups is 1. The summed E-state index contributed by atoms with van der Waals surface area (Å²) in [5.74, 6) is 0.231. The highest BCUT2D eigenvalue weighted by Crippen LogP contribution is 2.41. The van der Waals surface area contributed by atoms with Gasteiger partial charge < -0.3 is 20.3 Å². The Morgan fingerprint density at radius 1 is 1.09 bits per heavy atom. The number of urea groups is 1. The van der Waals surface area contributed by atoms with Crippen LogP contribution in [0.25, 0.3) is 0 Å². The maximum Gasteiger partial charge on any atom is 0.322 e. The highest BCUT2D eigenvalue weighted by molar-refractivity contribution is 5.96. The lowest BCUT2D eigenvalue weighted by Crippen LogP contribution is -2.29. The number of rotatable bonds is 8. The molecule has 4 rings (SSSR count). The van der Waals surface area contributed by atoms with Crippen LogP contribution in [0.5, 0.6) is 11.5 Å². The lowest BCUT2D eigenvalue weighted by atomic mass is 9.93. The number of methoxy groups -OCH3 is 1. The van der Waals surface area contributed by atoms with Crippen LogP contribution >= 0.6 is 0 Å². The van der Waals surface area contributed by atoms with Crippen LogP contribution < -0.4 is 15.0 Å². The van der Waals surface area contributed by atoms with Gasteiger partial charge in [0.05, 0.1) is 25.3 Å². The zero-order valence-electron chi connectivity index (χ0n) is 18.3. The van der Waals surface area contributed by atoms with Crippen molar-refractivity contribution in [2.45, 2.75) is 37.5 Å². The van der Waals surface area contributed by atoms with Gasteiger partial charge in [0, 0.05) is 17.3 Å². The van der Waals surface area contributed by atoms with E-state index in [1.165, 1.54) is 25.3 Å². The molecule has 1 aliphatic rings. The average molecular weight is 451 g/mol. The third-order valence-corrected chi connectivity index (χ3v) is 6.03. The minimum Gasteiger partial charge on any atom is -0.507 e. The van der Waals surface area contributed by atoms with Gasteiger partial charge in [-0.25, -0.2) is 9.18 Å². The summed E-state index contributed by atoms with van der Waals surface area (Å²) in [6.45, 7) is 0. The Labute approximate surface area is 192 Å². The van der Waals surface area contributed by atoms with E-state index >= 15 is 0 Å². The zero-order valence-corrected chi connectivity index (χ0v) is 18.3. The quantitative estimate of drug-likeness (QED) is 0.447. The predicted molar refractivity (Wildman–Crippen MR) is 124 cm³/mol. The van der Waals surface area contributed by atoms with Crippen molar-refractivity contribution in [1.82, 2.24) is 5.32 Å². The molecule has 1 saturated heterocycles. The first kappa shape index (κ1) is 22.6. The van der Waals surface area contributed by atoms with Gasteiger partial charge in [-0.2, -0.15) is 0 Å². The molecule has 0 saturated carbocycles. The molecule has 0 aliphatic carbocycles. The Bertz CT molecular complexity index is 1090. The summed E-state index contributed by atoms with van der Waals surface area (Å²) in [5, 5.41) is 24.2. The van der Waals surface area contributed by atoms with Crippen LogP contribution in [0.4, 0.5) is 14.9 Å². The molecule has 2 amide bonds. The van der Waals surface area contributed by atoms with Crippen LogP contribution in [0.3, 0.4) is 0 Å². The van der Waals surface area contributed by atoms with Gasteiger partial charge in [-0.15, -0.1) is 0 Å². The molecule has 3 N–H and O–H groups in total. The maximum atomic E-state index is 13.1.